The van der Waals surface area contributed by atoms with Gasteiger partial charge in [-0.3, -0.25) is 4.79 Å². The zero-order chi connectivity index (χ0) is 16.6. The van der Waals surface area contributed by atoms with Crippen molar-refractivity contribution < 1.29 is 22.7 Å². The smallest absolute Gasteiger partial charge is 0.310 e. The molecule has 1 aromatic rings. The van der Waals surface area contributed by atoms with Gasteiger partial charge < -0.3 is 9.47 Å². The Morgan fingerprint density at radius 1 is 1.17 bits per heavy atom. The molecule has 126 valence electrons. The van der Waals surface area contributed by atoms with Crippen molar-refractivity contribution in [1.29, 1.82) is 0 Å². The topological polar surface area (TPSA) is 81.7 Å². The minimum absolute atomic E-state index is 0.0916. The van der Waals surface area contributed by atoms with E-state index < -0.39 is 22.0 Å². The van der Waals surface area contributed by atoms with E-state index in [9.17, 15) is 13.2 Å². The first-order valence-electron chi connectivity index (χ1n) is 7.71. The molecule has 1 aromatic carbocycles. The van der Waals surface area contributed by atoms with Crippen LogP contribution in [0.3, 0.4) is 0 Å². The predicted octanol–water partition coefficient (Wildman–Crippen LogP) is 1.56. The largest absolute Gasteiger partial charge is 0.495 e. The minimum atomic E-state index is -3.77. The zero-order valence-corrected chi connectivity index (χ0v) is 14.0. The van der Waals surface area contributed by atoms with Gasteiger partial charge in [0.25, 0.3) is 0 Å². The van der Waals surface area contributed by atoms with Gasteiger partial charge >= 0.3 is 5.97 Å². The van der Waals surface area contributed by atoms with Crippen molar-refractivity contribution in [2.45, 2.75) is 30.2 Å². The summed E-state index contributed by atoms with van der Waals surface area (Å²) in [6.45, 7) is 0. The molecule has 2 aliphatic carbocycles. The van der Waals surface area contributed by atoms with Crippen LogP contribution in [-0.4, -0.2) is 34.6 Å². The molecule has 0 spiro atoms. The molecule has 0 aliphatic heterocycles. The summed E-state index contributed by atoms with van der Waals surface area (Å²) in [6, 6.07) is 6.06. The highest BCUT2D eigenvalue weighted by atomic mass is 32.2. The maximum absolute atomic E-state index is 12.8. The number of methoxy groups -OCH3 is 2. The molecule has 6 nitrogen and oxygen atoms in total. The number of para-hydroxylation sites is 1. The van der Waals surface area contributed by atoms with Gasteiger partial charge in [0.15, 0.2) is 0 Å². The fourth-order valence-corrected chi connectivity index (χ4v) is 5.52. The summed E-state index contributed by atoms with van der Waals surface area (Å²) in [7, 11) is -0.985. The molecule has 2 saturated carbocycles. The second kappa shape index (κ2) is 6.13. The third-order valence-electron chi connectivity index (χ3n) is 5.04. The van der Waals surface area contributed by atoms with Crippen LogP contribution in [-0.2, 0) is 19.6 Å². The van der Waals surface area contributed by atoms with Gasteiger partial charge in [-0.05, 0) is 43.2 Å². The Balaban J connectivity index is 1.89. The fourth-order valence-electron chi connectivity index (χ4n) is 4.02. The van der Waals surface area contributed by atoms with Gasteiger partial charge in [-0.1, -0.05) is 12.1 Å². The summed E-state index contributed by atoms with van der Waals surface area (Å²) in [4.78, 5) is 12.2. The Labute approximate surface area is 136 Å². The molecule has 3 rings (SSSR count). The average Bonchev–Trinajstić information content (AvgIpc) is 3.15. The van der Waals surface area contributed by atoms with E-state index in [1.54, 1.807) is 18.2 Å². The van der Waals surface area contributed by atoms with Crippen molar-refractivity contribution in [1.82, 2.24) is 4.72 Å². The molecule has 2 bridgehead atoms. The lowest BCUT2D eigenvalue weighted by molar-refractivity contribution is -0.148. The third-order valence-corrected chi connectivity index (χ3v) is 6.54. The molecule has 0 unspecified atom stereocenters. The summed E-state index contributed by atoms with van der Waals surface area (Å²) in [6.07, 6.45) is 2.77. The van der Waals surface area contributed by atoms with Gasteiger partial charge in [0.05, 0.1) is 20.1 Å². The summed E-state index contributed by atoms with van der Waals surface area (Å²) >= 11 is 0. The summed E-state index contributed by atoms with van der Waals surface area (Å²) in [5.74, 6) is -0.0441. The van der Waals surface area contributed by atoms with Crippen molar-refractivity contribution in [2.75, 3.05) is 14.2 Å². The molecule has 0 amide bonds. The first-order chi connectivity index (χ1) is 11.0. The highest BCUT2D eigenvalue weighted by Gasteiger charge is 2.52. The Hall–Kier alpha value is -1.60. The normalized spacial score (nSPS) is 29.5. The van der Waals surface area contributed by atoms with Gasteiger partial charge in [0.1, 0.15) is 10.6 Å². The van der Waals surface area contributed by atoms with Crippen molar-refractivity contribution in [3.63, 3.8) is 0 Å². The van der Waals surface area contributed by atoms with Gasteiger partial charge in [-0.2, -0.15) is 0 Å². The molecular weight excluding hydrogens is 318 g/mol. The van der Waals surface area contributed by atoms with Crippen LogP contribution in [0.5, 0.6) is 5.75 Å². The van der Waals surface area contributed by atoms with Gasteiger partial charge in [0.2, 0.25) is 10.0 Å². The summed E-state index contributed by atoms with van der Waals surface area (Å²) < 4.78 is 38.3. The van der Waals surface area contributed by atoms with Crippen LogP contribution in [0.4, 0.5) is 0 Å². The highest BCUT2D eigenvalue weighted by Crippen LogP contribution is 2.49. The number of esters is 1. The SMILES string of the molecule is COC(=O)[C@H]1[C@H]2CC[C@@H](C2)[C@H]1NS(=O)(=O)c1ccccc1OC. The van der Waals surface area contributed by atoms with Crippen LogP contribution in [0.2, 0.25) is 0 Å². The van der Waals surface area contributed by atoms with E-state index in [-0.39, 0.29) is 28.5 Å². The molecular formula is C16H21NO5S. The number of ether oxygens (including phenoxy) is 2. The lowest BCUT2D eigenvalue weighted by Crippen LogP contribution is -2.47. The Morgan fingerprint density at radius 3 is 2.57 bits per heavy atom. The maximum Gasteiger partial charge on any atom is 0.310 e. The molecule has 1 N–H and O–H groups in total. The van der Waals surface area contributed by atoms with Crippen LogP contribution < -0.4 is 9.46 Å². The van der Waals surface area contributed by atoms with Crippen molar-refractivity contribution in [2.24, 2.45) is 17.8 Å². The second-order valence-electron chi connectivity index (χ2n) is 6.18. The Bertz CT molecular complexity index is 702. The van der Waals surface area contributed by atoms with Gasteiger partial charge in [-0.25, -0.2) is 13.1 Å². The molecule has 23 heavy (non-hydrogen) atoms. The first-order valence-corrected chi connectivity index (χ1v) is 9.19. The zero-order valence-electron chi connectivity index (χ0n) is 13.2. The van der Waals surface area contributed by atoms with Crippen LogP contribution in [0, 0.1) is 17.8 Å². The lowest BCUT2D eigenvalue weighted by Gasteiger charge is -2.29. The van der Waals surface area contributed by atoms with Crippen LogP contribution >= 0.6 is 0 Å². The number of fused-ring (bicyclic) bond motifs is 2. The number of rotatable bonds is 5. The van der Waals surface area contributed by atoms with E-state index in [2.05, 4.69) is 4.72 Å². The number of carbonyl (C=O) groups excluding carboxylic acids is 1. The monoisotopic (exact) mass is 339 g/mol. The number of hydrogen-bond acceptors (Lipinski definition) is 5. The van der Waals surface area contributed by atoms with Gasteiger partial charge in [-0.15, -0.1) is 0 Å². The third kappa shape index (κ3) is 2.83. The lowest BCUT2D eigenvalue weighted by atomic mass is 9.85. The Morgan fingerprint density at radius 2 is 1.87 bits per heavy atom. The fraction of sp³-hybridized carbons (Fsp3) is 0.562. The molecule has 0 heterocycles. The summed E-state index contributed by atoms with van der Waals surface area (Å²) in [5.41, 5.74) is 0. The van der Waals surface area contributed by atoms with Crippen molar-refractivity contribution in [3.05, 3.63) is 24.3 Å². The van der Waals surface area contributed by atoms with Crippen molar-refractivity contribution >= 4 is 16.0 Å². The second-order valence-corrected chi connectivity index (χ2v) is 7.86. The summed E-state index contributed by atoms with van der Waals surface area (Å²) in [5, 5.41) is 0. The predicted molar refractivity (Wildman–Crippen MR) is 83.4 cm³/mol. The van der Waals surface area contributed by atoms with Crippen LogP contribution in [0.15, 0.2) is 29.2 Å². The van der Waals surface area contributed by atoms with Gasteiger partial charge in [0, 0.05) is 6.04 Å². The Kier molecular flexibility index (Phi) is 4.33. The molecule has 0 radical (unpaired) electrons. The molecule has 2 aliphatic rings. The van der Waals surface area contributed by atoms with E-state index >= 15 is 0 Å². The molecule has 0 aromatic heterocycles. The van der Waals surface area contributed by atoms with Crippen LogP contribution in [0.1, 0.15) is 19.3 Å². The van der Waals surface area contributed by atoms with Crippen molar-refractivity contribution in [3.8, 4) is 5.75 Å². The van der Waals surface area contributed by atoms with E-state index in [1.807, 2.05) is 0 Å². The highest BCUT2D eigenvalue weighted by molar-refractivity contribution is 7.89. The number of carbonyl (C=O) groups is 1. The van der Waals surface area contributed by atoms with E-state index in [4.69, 9.17) is 9.47 Å². The first kappa shape index (κ1) is 16.3. The quantitative estimate of drug-likeness (QED) is 0.823. The van der Waals surface area contributed by atoms with Crippen LogP contribution in [0.25, 0.3) is 0 Å². The number of benzene rings is 1. The van der Waals surface area contributed by atoms with E-state index in [0.29, 0.717) is 0 Å². The maximum atomic E-state index is 12.8. The number of sulfonamides is 1. The van der Waals surface area contributed by atoms with E-state index in [1.165, 1.54) is 20.3 Å². The average molecular weight is 339 g/mol. The number of nitrogens with one attached hydrogen (secondary N) is 1. The minimum Gasteiger partial charge on any atom is -0.495 e. The molecule has 2 fully saturated rings. The number of hydrogen-bond donors (Lipinski definition) is 1. The standard InChI is InChI=1S/C16H21NO5S/c1-21-12-5-3-4-6-13(12)23(19,20)17-15-11-8-7-10(9-11)14(15)16(18)22-2/h3-6,10-11,14-15,17H,7-9H2,1-2H3/t10-,11-,14-,15+/m0/s1. The molecule has 0 saturated heterocycles. The van der Waals surface area contributed by atoms with E-state index in [0.717, 1.165) is 19.3 Å². The molecule has 7 heteroatoms. The molecule has 4 atom stereocenters.